The summed E-state index contributed by atoms with van der Waals surface area (Å²) >= 11 is 0. The van der Waals surface area contributed by atoms with Crippen molar-refractivity contribution in [3.8, 4) is 23.0 Å². The lowest BCUT2D eigenvalue weighted by Gasteiger charge is -2.39. The van der Waals surface area contributed by atoms with Gasteiger partial charge in [-0.05, 0) is 157 Å². The predicted octanol–water partition coefficient (Wildman–Crippen LogP) is 17.5. The van der Waals surface area contributed by atoms with Crippen LogP contribution in [-0.2, 0) is 39.3 Å². The minimum absolute atomic E-state index is 0.259. The highest BCUT2D eigenvalue weighted by atomic mass is 16.5. The van der Waals surface area contributed by atoms with Crippen molar-refractivity contribution in [2.24, 2.45) is 0 Å². The van der Waals surface area contributed by atoms with Crippen LogP contribution in [0.1, 0.15) is 145 Å². The number of aryl methyl sites for hydroxylation is 2. The van der Waals surface area contributed by atoms with Gasteiger partial charge < -0.3 is 39.4 Å². The molecule has 14 rings (SSSR count). The number of anilines is 6. The molecule has 0 radical (unpaired) electrons. The van der Waals surface area contributed by atoms with Crippen LogP contribution in [0.3, 0.4) is 0 Å². The number of hydrogen-bond donors (Lipinski definition) is 2. The molecule has 2 unspecified atom stereocenters. The Kier molecular flexibility index (Phi) is 12.2. The maximum atomic E-state index is 7.05. The number of ether oxygens (including phenoxy) is 4. The highest BCUT2D eigenvalue weighted by Crippen LogP contribution is 2.59. The van der Waals surface area contributed by atoms with E-state index in [0.29, 0.717) is 25.3 Å². The van der Waals surface area contributed by atoms with Crippen LogP contribution in [0.2, 0.25) is 0 Å². The van der Waals surface area contributed by atoms with Gasteiger partial charge in [-0.15, -0.1) is 0 Å². The van der Waals surface area contributed by atoms with E-state index in [0.717, 1.165) is 79.1 Å². The Bertz CT molecular complexity index is 3410. The van der Waals surface area contributed by atoms with Gasteiger partial charge in [0.25, 0.3) is 0 Å². The molecule has 2 aliphatic carbocycles. The Morgan fingerprint density at radius 2 is 0.823 bits per heavy atom. The van der Waals surface area contributed by atoms with E-state index < -0.39 is 11.2 Å². The van der Waals surface area contributed by atoms with Crippen molar-refractivity contribution in [3.05, 3.63) is 224 Å². The van der Waals surface area contributed by atoms with Gasteiger partial charge in [-0.25, -0.2) is 0 Å². The molecule has 400 valence electrons. The fourth-order valence-corrected chi connectivity index (χ4v) is 14.3. The first-order valence-electron chi connectivity index (χ1n) is 29.1. The van der Waals surface area contributed by atoms with Crippen molar-refractivity contribution in [2.75, 3.05) is 34.5 Å². The summed E-state index contributed by atoms with van der Waals surface area (Å²) in [6.07, 6.45) is 12.8. The summed E-state index contributed by atoms with van der Waals surface area (Å²) in [5.41, 5.74) is 18.2. The van der Waals surface area contributed by atoms with Gasteiger partial charge in [0.05, 0.1) is 13.2 Å². The molecule has 6 aliphatic rings. The summed E-state index contributed by atoms with van der Waals surface area (Å²) in [7, 11) is 4.49. The molecule has 2 saturated carbocycles. The third kappa shape index (κ3) is 8.22. The van der Waals surface area contributed by atoms with Crippen molar-refractivity contribution in [1.29, 1.82) is 0 Å². The Labute approximate surface area is 466 Å². The number of benzene rings is 8. The number of fused-ring (bicyclic) bond motifs is 12. The SMILES string of the molecule is Cc1cc2c(cc1Nc1ccc(C(C)(C)c3ccc(Nc4cc5c(cc4C)Oc4cc(N(C)C6CCCCC6)ccc4C54OCc5ccccc54)cc3)cc1)C1(OCc3ccccc31)c1ccc(N(C)C3CCCCC3)cc1O2. The fraction of sp³-hybridized carbons (Fsp3) is 0.324. The average molecular weight is 1050 g/mol. The number of hydrogen-bond acceptors (Lipinski definition) is 8. The smallest absolute Gasteiger partial charge is 0.151 e. The normalized spacial score (nSPS) is 20.0. The second kappa shape index (κ2) is 19.4. The molecule has 2 N–H and O–H groups in total. The van der Waals surface area contributed by atoms with Gasteiger partial charge in [0.15, 0.2) is 11.2 Å². The third-order valence-corrected chi connectivity index (χ3v) is 19.1. The van der Waals surface area contributed by atoms with Crippen LogP contribution in [0.25, 0.3) is 0 Å². The number of nitrogens with one attached hydrogen (secondary N) is 2. The van der Waals surface area contributed by atoms with Crippen LogP contribution in [-0.4, -0.2) is 26.2 Å². The molecule has 8 aromatic rings. The Hall–Kier alpha value is -7.52. The van der Waals surface area contributed by atoms with Gasteiger partial charge in [-0.3, -0.25) is 0 Å². The molecule has 0 bridgehead atoms. The molecule has 2 fully saturated rings. The van der Waals surface area contributed by atoms with Crippen LogP contribution < -0.4 is 29.9 Å². The van der Waals surface area contributed by atoms with E-state index in [1.807, 2.05) is 0 Å². The average Bonchev–Trinajstić information content (AvgIpc) is 4.01. The lowest BCUT2D eigenvalue weighted by molar-refractivity contribution is 0.0198. The van der Waals surface area contributed by atoms with Gasteiger partial charge in [-0.2, -0.15) is 0 Å². The summed E-state index contributed by atoms with van der Waals surface area (Å²) < 4.78 is 27.9. The van der Waals surface area contributed by atoms with E-state index in [9.17, 15) is 0 Å². The molecule has 8 aromatic carbocycles. The molecular formula is C71H72N4O4. The Morgan fingerprint density at radius 3 is 1.24 bits per heavy atom. The van der Waals surface area contributed by atoms with E-state index >= 15 is 0 Å². The zero-order chi connectivity index (χ0) is 53.6. The Morgan fingerprint density at radius 1 is 0.430 bits per heavy atom. The van der Waals surface area contributed by atoms with Gasteiger partial charge in [-0.1, -0.05) is 125 Å². The lowest BCUT2D eigenvalue weighted by atomic mass is 9.77. The second-order valence-corrected chi connectivity index (χ2v) is 24.0. The molecule has 2 atom stereocenters. The molecular weight excluding hydrogens is 973 g/mol. The topological polar surface area (TPSA) is 67.5 Å². The summed E-state index contributed by atoms with van der Waals surface area (Å²) in [6, 6.07) is 58.7. The van der Waals surface area contributed by atoms with Gasteiger partial charge in [0, 0.05) is 100 Å². The van der Waals surface area contributed by atoms with Crippen LogP contribution in [0.5, 0.6) is 23.0 Å². The van der Waals surface area contributed by atoms with Crippen LogP contribution in [0.4, 0.5) is 34.1 Å². The molecule has 4 aliphatic heterocycles. The Balaban J connectivity index is 0.710. The van der Waals surface area contributed by atoms with Gasteiger partial charge in [0.1, 0.15) is 23.0 Å². The van der Waals surface area contributed by atoms with Crippen LogP contribution in [0, 0.1) is 13.8 Å². The van der Waals surface area contributed by atoms with E-state index in [1.165, 1.54) is 109 Å². The molecule has 8 nitrogen and oxygen atoms in total. The molecule has 0 aromatic heterocycles. The number of nitrogens with zero attached hydrogens (tertiary/aromatic N) is 2. The fourth-order valence-electron chi connectivity index (χ4n) is 14.3. The van der Waals surface area contributed by atoms with Crippen LogP contribution in [0.15, 0.2) is 158 Å². The molecule has 4 heterocycles. The zero-order valence-corrected chi connectivity index (χ0v) is 46.7. The zero-order valence-electron chi connectivity index (χ0n) is 46.7. The first-order chi connectivity index (χ1) is 38.5. The summed E-state index contributed by atoms with van der Waals surface area (Å²) in [5.74, 6) is 3.41. The monoisotopic (exact) mass is 1040 g/mol. The minimum Gasteiger partial charge on any atom is -0.456 e. The van der Waals surface area contributed by atoms with Crippen molar-refractivity contribution in [3.63, 3.8) is 0 Å². The largest absolute Gasteiger partial charge is 0.456 e. The highest BCUT2D eigenvalue weighted by Gasteiger charge is 2.51. The highest BCUT2D eigenvalue weighted by molar-refractivity contribution is 5.76. The molecule has 0 amide bonds. The van der Waals surface area contributed by atoms with E-state index in [2.05, 4.69) is 220 Å². The first kappa shape index (κ1) is 49.8. The molecule has 0 saturated heterocycles. The maximum Gasteiger partial charge on any atom is 0.151 e. The predicted molar refractivity (Wildman–Crippen MR) is 320 cm³/mol. The first-order valence-corrected chi connectivity index (χ1v) is 29.1. The van der Waals surface area contributed by atoms with Crippen molar-refractivity contribution in [2.45, 2.75) is 134 Å². The van der Waals surface area contributed by atoms with Crippen molar-refractivity contribution >= 4 is 34.1 Å². The van der Waals surface area contributed by atoms with Crippen LogP contribution >= 0.6 is 0 Å². The third-order valence-electron chi connectivity index (χ3n) is 19.1. The number of rotatable bonds is 10. The summed E-state index contributed by atoms with van der Waals surface area (Å²) in [5, 5.41) is 7.62. The molecule has 2 spiro atoms. The standard InChI is InChI=1S/C71H72N4O4/c1-45-37-65-61(70(57-23-15-13-17-47(57)43-76-70)59-35-33-55(39-67(59)78-65)74(5)53-19-9-7-10-20-53)41-63(45)72-51-29-25-49(26-30-51)69(3,4)50-27-31-52(32-28-50)73-64-42-62-66(38-46(64)2)79-68-40-56(75(6)54-21-11-8-12-22-54)34-36-60(68)71(62)58-24-16-14-18-48(58)44-77-71/h13-18,23-42,53-54,72-73H,7-12,19-22,43-44H2,1-6H3. The quantitative estimate of drug-likeness (QED) is 0.140. The van der Waals surface area contributed by atoms with Gasteiger partial charge in [0.2, 0.25) is 0 Å². The second-order valence-electron chi connectivity index (χ2n) is 24.0. The van der Waals surface area contributed by atoms with Crippen molar-refractivity contribution in [1.82, 2.24) is 0 Å². The molecule has 8 heteroatoms. The lowest BCUT2D eigenvalue weighted by Crippen LogP contribution is -2.34. The van der Waals surface area contributed by atoms with E-state index in [4.69, 9.17) is 18.9 Å². The maximum absolute atomic E-state index is 7.05. The van der Waals surface area contributed by atoms with Gasteiger partial charge >= 0.3 is 0 Å². The summed E-state index contributed by atoms with van der Waals surface area (Å²) in [4.78, 5) is 4.93. The summed E-state index contributed by atoms with van der Waals surface area (Å²) in [6.45, 7) is 10.0. The van der Waals surface area contributed by atoms with E-state index in [1.54, 1.807) is 0 Å². The van der Waals surface area contributed by atoms with E-state index in [-0.39, 0.29) is 5.41 Å². The van der Waals surface area contributed by atoms with Crippen molar-refractivity contribution < 1.29 is 18.9 Å². The minimum atomic E-state index is -0.789. The molecule has 79 heavy (non-hydrogen) atoms.